The van der Waals surface area contributed by atoms with E-state index in [2.05, 4.69) is 64.1 Å². The number of benzene rings is 1. The van der Waals surface area contributed by atoms with E-state index in [0.717, 1.165) is 38.2 Å². The minimum absolute atomic E-state index is 0.241. The first-order chi connectivity index (χ1) is 15.5. The molecule has 0 radical (unpaired) electrons. The molecule has 4 rings (SSSR count). The third-order valence-electron chi connectivity index (χ3n) is 6.15. The van der Waals surface area contributed by atoms with Crippen molar-refractivity contribution in [2.24, 2.45) is 0 Å². The highest BCUT2D eigenvalue weighted by Gasteiger charge is 2.34. The predicted molar refractivity (Wildman–Crippen MR) is 126 cm³/mol. The number of aromatic nitrogens is 3. The van der Waals surface area contributed by atoms with Crippen molar-refractivity contribution in [3.8, 4) is 0 Å². The van der Waals surface area contributed by atoms with Gasteiger partial charge >= 0.3 is 5.97 Å². The molecule has 0 N–H and O–H groups in total. The Hall–Kier alpha value is -2.64. The van der Waals surface area contributed by atoms with Crippen molar-refractivity contribution in [3.63, 3.8) is 0 Å². The highest BCUT2D eigenvalue weighted by molar-refractivity contribution is 6.29. The lowest BCUT2D eigenvalue weighted by atomic mass is 10.0. The maximum Gasteiger partial charge on any atom is 0.358 e. The zero-order valence-corrected chi connectivity index (χ0v) is 19.6. The molecule has 170 valence electrons. The number of piperazine rings is 1. The van der Waals surface area contributed by atoms with Gasteiger partial charge in [-0.3, -0.25) is 4.90 Å². The van der Waals surface area contributed by atoms with Crippen molar-refractivity contribution in [2.45, 2.75) is 52.2 Å². The number of rotatable bonds is 7. The zero-order chi connectivity index (χ0) is 22.7. The molecule has 1 aromatic carbocycles. The number of carbonyl (C=O) groups excluding carboxylic acids is 1. The predicted octanol–water partition coefficient (Wildman–Crippen LogP) is 4.44. The number of hydrogen-bond donors (Lipinski definition) is 0. The molecule has 7 nitrogen and oxygen atoms in total. The van der Waals surface area contributed by atoms with Gasteiger partial charge in [0.2, 0.25) is 0 Å². The summed E-state index contributed by atoms with van der Waals surface area (Å²) in [5.41, 5.74) is 3.11. The van der Waals surface area contributed by atoms with Gasteiger partial charge in [-0.2, -0.15) is 5.10 Å². The quantitative estimate of drug-likeness (QED) is 0.491. The Kier molecular flexibility index (Phi) is 6.96. The number of fused-ring (bicyclic) bond motifs is 1. The van der Waals surface area contributed by atoms with Crippen LogP contribution in [-0.4, -0.2) is 57.2 Å². The van der Waals surface area contributed by atoms with Crippen molar-refractivity contribution in [1.82, 2.24) is 19.5 Å². The Bertz CT molecular complexity index is 1070. The average molecular weight is 456 g/mol. The Balaban J connectivity index is 1.67. The molecule has 1 fully saturated rings. The second kappa shape index (κ2) is 9.88. The van der Waals surface area contributed by atoms with E-state index in [-0.39, 0.29) is 5.69 Å². The molecule has 32 heavy (non-hydrogen) atoms. The SMILES string of the molecule is CCOC(=O)c1cn2nc(Cl)cc(N3C[C@@H](CC)N(Cc4ccccc4)C[C@@H]3CC)c2n1. The lowest BCUT2D eigenvalue weighted by Gasteiger charge is -2.47. The second-order valence-electron chi connectivity index (χ2n) is 8.16. The monoisotopic (exact) mass is 455 g/mol. The lowest BCUT2D eigenvalue weighted by Crippen LogP contribution is -2.58. The smallest absolute Gasteiger partial charge is 0.358 e. The summed E-state index contributed by atoms with van der Waals surface area (Å²) in [6.45, 7) is 9.26. The van der Waals surface area contributed by atoms with Crippen molar-refractivity contribution in [2.75, 3.05) is 24.6 Å². The number of imidazole rings is 1. The largest absolute Gasteiger partial charge is 0.461 e. The molecule has 0 aliphatic carbocycles. The lowest BCUT2D eigenvalue weighted by molar-refractivity contribution is 0.0520. The second-order valence-corrected chi connectivity index (χ2v) is 8.55. The number of hydrogen-bond acceptors (Lipinski definition) is 6. The maximum atomic E-state index is 12.2. The van der Waals surface area contributed by atoms with E-state index in [1.807, 2.05) is 6.07 Å². The summed E-state index contributed by atoms with van der Waals surface area (Å²) in [5, 5.41) is 4.70. The average Bonchev–Trinajstić information content (AvgIpc) is 3.23. The van der Waals surface area contributed by atoms with Gasteiger partial charge in [0, 0.05) is 37.8 Å². The summed E-state index contributed by atoms with van der Waals surface area (Å²) in [6, 6.07) is 13.2. The van der Waals surface area contributed by atoms with Crippen molar-refractivity contribution < 1.29 is 9.53 Å². The van der Waals surface area contributed by atoms with Crippen LogP contribution in [0.5, 0.6) is 0 Å². The molecule has 0 bridgehead atoms. The molecule has 2 atom stereocenters. The van der Waals surface area contributed by atoms with E-state index >= 15 is 0 Å². The van der Waals surface area contributed by atoms with Gasteiger partial charge in [0.15, 0.2) is 16.5 Å². The molecular formula is C24H30ClN5O2. The Labute approximate surface area is 193 Å². The standard InChI is InChI=1S/C24H30ClN5O2/c1-4-18-15-29(19(5-2)14-28(18)13-17-10-8-7-9-11-17)21-12-22(25)27-30-16-20(26-23(21)30)24(31)32-6-3/h7-12,16,18-19H,4-6,13-15H2,1-3H3/t18-,19+/m1/s1. The van der Waals surface area contributed by atoms with E-state index in [1.54, 1.807) is 17.6 Å². The number of nitrogens with zero attached hydrogens (tertiary/aromatic N) is 5. The van der Waals surface area contributed by atoms with Gasteiger partial charge in [-0.25, -0.2) is 14.3 Å². The number of esters is 1. The first-order valence-electron chi connectivity index (χ1n) is 11.3. The van der Waals surface area contributed by atoms with E-state index in [0.29, 0.717) is 29.5 Å². The third-order valence-corrected chi connectivity index (χ3v) is 6.34. The van der Waals surface area contributed by atoms with Gasteiger partial charge in [0.1, 0.15) is 0 Å². The van der Waals surface area contributed by atoms with Crippen LogP contribution in [0.2, 0.25) is 5.15 Å². The highest BCUT2D eigenvalue weighted by atomic mass is 35.5. The molecule has 0 amide bonds. The minimum Gasteiger partial charge on any atom is -0.461 e. The number of halogens is 1. The topological polar surface area (TPSA) is 63.0 Å². The normalized spacial score (nSPS) is 19.4. The fourth-order valence-corrected chi connectivity index (χ4v) is 4.68. The molecule has 1 aliphatic heterocycles. The fraction of sp³-hybridized carbons (Fsp3) is 0.458. The molecule has 0 unspecified atom stereocenters. The van der Waals surface area contributed by atoms with E-state index in [9.17, 15) is 4.79 Å². The van der Waals surface area contributed by atoms with Crippen LogP contribution in [0.25, 0.3) is 5.65 Å². The summed E-state index contributed by atoms with van der Waals surface area (Å²) in [7, 11) is 0. The van der Waals surface area contributed by atoms with Gasteiger partial charge in [0.25, 0.3) is 0 Å². The Morgan fingerprint density at radius 3 is 2.56 bits per heavy atom. The van der Waals surface area contributed by atoms with Crippen LogP contribution < -0.4 is 4.90 Å². The molecule has 1 saturated heterocycles. The van der Waals surface area contributed by atoms with Gasteiger partial charge in [-0.05, 0) is 25.3 Å². The van der Waals surface area contributed by atoms with E-state index in [1.165, 1.54) is 5.56 Å². The number of anilines is 1. The van der Waals surface area contributed by atoms with Crippen molar-refractivity contribution in [1.29, 1.82) is 0 Å². The van der Waals surface area contributed by atoms with Crippen LogP contribution in [0.1, 0.15) is 49.7 Å². The van der Waals surface area contributed by atoms with Crippen LogP contribution in [0, 0.1) is 0 Å². The third kappa shape index (κ3) is 4.59. The summed E-state index contributed by atoms with van der Waals surface area (Å²) in [6.07, 6.45) is 3.61. The van der Waals surface area contributed by atoms with Gasteiger partial charge < -0.3 is 9.64 Å². The van der Waals surface area contributed by atoms with E-state index in [4.69, 9.17) is 16.3 Å². The Morgan fingerprint density at radius 1 is 1.12 bits per heavy atom. The molecular weight excluding hydrogens is 426 g/mol. The zero-order valence-electron chi connectivity index (χ0n) is 18.9. The summed E-state index contributed by atoms with van der Waals surface area (Å²) in [5.74, 6) is -0.453. The van der Waals surface area contributed by atoms with Crippen LogP contribution >= 0.6 is 11.6 Å². The maximum absolute atomic E-state index is 12.2. The number of carbonyl (C=O) groups is 1. The number of ether oxygens (including phenoxy) is 1. The molecule has 3 heterocycles. The molecule has 2 aromatic heterocycles. The van der Waals surface area contributed by atoms with Crippen LogP contribution in [0.15, 0.2) is 42.6 Å². The van der Waals surface area contributed by atoms with Gasteiger partial charge in [0.05, 0.1) is 18.5 Å². The fourth-order valence-electron chi connectivity index (χ4n) is 4.50. The first-order valence-corrected chi connectivity index (χ1v) is 11.7. The highest BCUT2D eigenvalue weighted by Crippen LogP contribution is 2.31. The van der Waals surface area contributed by atoms with Crippen LogP contribution in [0.3, 0.4) is 0 Å². The van der Waals surface area contributed by atoms with Crippen LogP contribution in [-0.2, 0) is 11.3 Å². The minimum atomic E-state index is -0.453. The molecule has 3 aromatic rings. The Morgan fingerprint density at radius 2 is 1.88 bits per heavy atom. The molecule has 0 saturated carbocycles. The van der Waals surface area contributed by atoms with E-state index < -0.39 is 5.97 Å². The molecule has 0 spiro atoms. The summed E-state index contributed by atoms with van der Waals surface area (Å²) >= 11 is 6.38. The first kappa shape index (κ1) is 22.6. The summed E-state index contributed by atoms with van der Waals surface area (Å²) in [4.78, 5) is 21.8. The summed E-state index contributed by atoms with van der Waals surface area (Å²) < 4.78 is 6.72. The van der Waals surface area contributed by atoms with Gasteiger partial charge in [-0.15, -0.1) is 0 Å². The van der Waals surface area contributed by atoms with Crippen LogP contribution in [0.4, 0.5) is 5.69 Å². The van der Waals surface area contributed by atoms with Gasteiger partial charge in [-0.1, -0.05) is 55.8 Å². The van der Waals surface area contributed by atoms with Crippen molar-refractivity contribution in [3.05, 3.63) is 59.0 Å². The molecule has 1 aliphatic rings. The molecule has 8 heteroatoms. The van der Waals surface area contributed by atoms with Crippen molar-refractivity contribution >= 4 is 28.9 Å².